The summed E-state index contributed by atoms with van der Waals surface area (Å²) < 4.78 is 6.41. The lowest BCUT2D eigenvalue weighted by molar-refractivity contribution is -0.135. The molecule has 0 fully saturated rings. The van der Waals surface area contributed by atoms with Crippen LogP contribution in [0.15, 0.2) is 69.6 Å². The summed E-state index contributed by atoms with van der Waals surface area (Å²) in [7, 11) is 0. The Morgan fingerprint density at radius 2 is 2.10 bits per heavy atom. The summed E-state index contributed by atoms with van der Waals surface area (Å²) in [5.74, 6) is 0.0546. The molecule has 1 amide bonds. The zero-order valence-electron chi connectivity index (χ0n) is 15.6. The molecule has 0 saturated heterocycles. The molecule has 30 heavy (non-hydrogen) atoms. The van der Waals surface area contributed by atoms with Crippen molar-refractivity contribution in [2.45, 2.75) is 12.5 Å². The molecule has 1 aliphatic rings. The van der Waals surface area contributed by atoms with E-state index in [4.69, 9.17) is 16.3 Å². The van der Waals surface area contributed by atoms with Crippen molar-refractivity contribution in [2.75, 3.05) is 6.61 Å². The quantitative estimate of drug-likeness (QED) is 0.403. The van der Waals surface area contributed by atoms with Crippen molar-refractivity contribution in [1.82, 2.24) is 5.01 Å². The number of halogens is 2. The second kappa shape index (κ2) is 9.12. The lowest BCUT2D eigenvalue weighted by atomic mass is 10.0. The molecule has 0 spiro atoms. The molecule has 4 rings (SSSR count). The summed E-state index contributed by atoms with van der Waals surface area (Å²) in [6.45, 7) is -0.232. The number of carbonyl (C=O) groups is 2. The van der Waals surface area contributed by atoms with Gasteiger partial charge in [-0.05, 0) is 35.7 Å². The van der Waals surface area contributed by atoms with E-state index < -0.39 is 0 Å². The Hall–Kier alpha value is -2.48. The standard InChI is InChI=1S/C22H16BrClN2O3S/c23-15-7-8-20(14(10-15)12-27)29-13-22(28)26-19(21-6-3-9-30-21)11-18(25-26)16-4-1-2-5-17(16)24/h1-10,12,19H,11,13H2. The van der Waals surface area contributed by atoms with Crippen LogP contribution in [0.2, 0.25) is 5.02 Å². The molecule has 1 aromatic heterocycles. The number of hydrazone groups is 1. The molecule has 1 aliphatic heterocycles. The van der Waals surface area contributed by atoms with Gasteiger partial charge in [0.15, 0.2) is 12.9 Å². The topological polar surface area (TPSA) is 59.0 Å². The first kappa shape index (κ1) is 20.8. The summed E-state index contributed by atoms with van der Waals surface area (Å²) in [6, 6.07) is 16.2. The molecule has 2 heterocycles. The highest BCUT2D eigenvalue weighted by atomic mass is 79.9. The number of rotatable bonds is 6. The van der Waals surface area contributed by atoms with Crippen LogP contribution < -0.4 is 4.74 Å². The fraction of sp³-hybridized carbons (Fsp3) is 0.136. The molecule has 2 aromatic carbocycles. The summed E-state index contributed by atoms with van der Waals surface area (Å²) in [6.07, 6.45) is 1.26. The lowest BCUT2D eigenvalue weighted by Crippen LogP contribution is -2.31. The van der Waals surface area contributed by atoms with Gasteiger partial charge in [-0.2, -0.15) is 5.10 Å². The normalized spacial score (nSPS) is 15.7. The van der Waals surface area contributed by atoms with Gasteiger partial charge in [0.25, 0.3) is 5.91 Å². The van der Waals surface area contributed by atoms with Crippen LogP contribution in [0.3, 0.4) is 0 Å². The molecule has 0 bridgehead atoms. The summed E-state index contributed by atoms with van der Waals surface area (Å²) >= 11 is 11.2. The number of benzene rings is 2. The number of amides is 1. The number of aldehydes is 1. The van der Waals surface area contributed by atoms with E-state index in [2.05, 4.69) is 21.0 Å². The van der Waals surface area contributed by atoms with E-state index in [1.54, 1.807) is 29.5 Å². The molecule has 3 aromatic rings. The Kier molecular flexibility index (Phi) is 6.32. The van der Waals surface area contributed by atoms with Gasteiger partial charge in [-0.25, -0.2) is 5.01 Å². The van der Waals surface area contributed by atoms with Crippen molar-refractivity contribution >= 4 is 56.8 Å². The van der Waals surface area contributed by atoms with E-state index in [1.807, 2.05) is 41.8 Å². The first-order valence-corrected chi connectivity index (χ1v) is 11.2. The molecule has 0 saturated carbocycles. The van der Waals surface area contributed by atoms with Crippen LogP contribution in [0.25, 0.3) is 0 Å². The molecule has 0 aliphatic carbocycles. The molecule has 1 unspecified atom stereocenters. The van der Waals surface area contributed by atoms with Gasteiger partial charge in [0.1, 0.15) is 5.75 Å². The van der Waals surface area contributed by atoms with Crippen LogP contribution in [0.4, 0.5) is 0 Å². The maximum absolute atomic E-state index is 13.0. The number of carbonyl (C=O) groups excluding carboxylic acids is 2. The van der Waals surface area contributed by atoms with E-state index in [-0.39, 0.29) is 18.6 Å². The predicted molar refractivity (Wildman–Crippen MR) is 122 cm³/mol. The van der Waals surface area contributed by atoms with Gasteiger partial charge >= 0.3 is 0 Å². The molecular weight excluding hydrogens is 488 g/mol. The third-order valence-corrected chi connectivity index (χ3v) is 6.47. The maximum atomic E-state index is 13.0. The average molecular weight is 504 g/mol. The minimum atomic E-state index is -0.296. The minimum absolute atomic E-state index is 0.220. The van der Waals surface area contributed by atoms with Crippen LogP contribution in [-0.2, 0) is 4.79 Å². The van der Waals surface area contributed by atoms with E-state index in [0.29, 0.717) is 29.0 Å². The van der Waals surface area contributed by atoms with Gasteiger partial charge in [0.05, 0.1) is 17.3 Å². The number of thiophene rings is 1. The van der Waals surface area contributed by atoms with Gasteiger partial charge in [-0.1, -0.05) is 51.8 Å². The molecule has 0 radical (unpaired) electrons. The molecular formula is C22H16BrClN2O3S. The summed E-state index contributed by atoms with van der Waals surface area (Å²) in [5.41, 5.74) is 1.94. The Balaban J connectivity index is 1.58. The van der Waals surface area contributed by atoms with Crippen LogP contribution in [0.1, 0.15) is 33.3 Å². The first-order chi connectivity index (χ1) is 14.6. The van der Waals surface area contributed by atoms with Gasteiger partial charge in [-0.15, -0.1) is 11.3 Å². The van der Waals surface area contributed by atoms with Crippen molar-refractivity contribution in [3.63, 3.8) is 0 Å². The second-order valence-corrected chi connectivity index (χ2v) is 8.89. The van der Waals surface area contributed by atoms with Crippen LogP contribution >= 0.6 is 38.9 Å². The Morgan fingerprint density at radius 3 is 2.83 bits per heavy atom. The van der Waals surface area contributed by atoms with Crippen molar-refractivity contribution in [2.24, 2.45) is 5.10 Å². The number of ether oxygens (including phenoxy) is 1. The highest BCUT2D eigenvalue weighted by molar-refractivity contribution is 9.10. The number of hydrogen-bond acceptors (Lipinski definition) is 5. The van der Waals surface area contributed by atoms with Gasteiger partial charge < -0.3 is 4.74 Å². The molecule has 1 atom stereocenters. The van der Waals surface area contributed by atoms with E-state index >= 15 is 0 Å². The fourth-order valence-electron chi connectivity index (χ4n) is 3.25. The van der Waals surface area contributed by atoms with Crippen LogP contribution in [0, 0.1) is 0 Å². The predicted octanol–water partition coefficient (Wildman–Crippen LogP) is 5.73. The van der Waals surface area contributed by atoms with Crippen molar-refractivity contribution in [3.8, 4) is 5.75 Å². The Bertz CT molecular complexity index is 1120. The maximum Gasteiger partial charge on any atom is 0.281 e. The number of hydrogen-bond donors (Lipinski definition) is 0. The zero-order chi connectivity index (χ0) is 21.1. The van der Waals surface area contributed by atoms with E-state index in [9.17, 15) is 9.59 Å². The Morgan fingerprint density at radius 1 is 1.27 bits per heavy atom. The monoisotopic (exact) mass is 502 g/mol. The molecule has 0 N–H and O–H groups in total. The zero-order valence-corrected chi connectivity index (χ0v) is 18.8. The molecule has 152 valence electrons. The smallest absolute Gasteiger partial charge is 0.281 e. The van der Waals surface area contributed by atoms with E-state index in [0.717, 1.165) is 20.6 Å². The third-order valence-electron chi connectivity index (χ3n) is 4.67. The highest BCUT2D eigenvalue weighted by Gasteiger charge is 2.34. The second-order valence-electron chi connectivity index (χ2n) is 6.59. The van der Waals surface area contributed by atoms with Crippen LogP contribution in [0.5, 0.6) is 5.75 Å². The SMILES string of the molecule is O=Cc1cc(Br)ccc1OCC(=O)N1N=C(c2ccccc2Cl)CC1c1cccs1. The Labute approximate surface area is 191 Å². The summed E-state index contributed by atoms with van der Waals surface area (Å²) in [4.78, 5) is 25.3. The van der Waals surface area contributed by atoms with Crippen molar-refractivity contribution < 1.29 is 14.3 Å². The van der Waals surface area contributed by atoms with Gasteiger partial charge in [0.2, 0.25) is 0 Å². The molecule has 8 heteroatoms. The van der Waals surface area contributed by atoms with Gasteiger partial charge in [0, 0.05) is 26.4 Å². The lowest BCUT2D eigenvalue weighted by Gasteiger charge is -2.21. The highest BCUT2D eigenvalue weighted by Crippen LogP contribution is 2.36. The van der Waals surface area contributed by atoms with Gasteiger partial charge in [-0.3, -0.25) is 9.59 Å². The fourth-order valence-corrected chi connectivity index (χ4v) is 4.68. The first-order valence-electron chi connectivity index (χ1n) is 9.12. The van der Waals surface area contributed by atoms with Crippen molar-refractivity contribution in [1.29, 1.82) is 0 Å². The van der Waals surface area contributed by atoms with E-state index in [1.165, 1.54) is 5.01 Å². The third kappa shape index (κ3) is 4.33. The molecule has 5 nitrogen and oxygen atoms in total. The average Bonchev–Trinajstić information content (AvgIpc) is 3.42. The van der Waals surface area contributed by atoms with Crippen LogP contribution in [-0.4, -0.2) is 29.5 Å². The largest absolute Gasteiger partial charge is 0.483 e. The summed E-state index contributed by atoms with van der Waals surface area (Å²) in [5, 5.41) is 8.62. The number of nitrogens with zero attached hydrogens (tertiary/aromatic N) is 2. The minimum Gasteiger partial charge on any atom is -0.483 e. The van der Waals surface area contributed by atoms with Crippen molar-refractivity contribution in [3.05, 3.63) is 85.5 Å².